The molecule has 26 nitrogen and oxygen atoms in total. The van der Waals surface area contributed by atoms with Gasteiger partial charge in [-0.05, 0) is 183 Å². The number of aromatic nitrogens is 7. The Balaban J connectivity index is 0.000000243. The quantitative estimate of drug-likeness (QED) is 0.0615. The highest BCUT2D eigenvalue weighted by atomic mass is 32.2. The number of hydrogen-bond acceptors (Lipinski definition) is 20. The van der Waals surface area contributed by atoms with Gasteiger partial charge in [-0.25, -0.2) is 49.9 Å². The summed E-state index contributed by atoms with van der Waals surface area (Å²) in [6.45, 7) is 9.68. The van der Waals surface area contributed by atoms with Gasteiger partial charge >= 0.3 is 0 Å². The number of carbonyl (C=O) groups excluding carboxylic acids is 4. The van der Waals surface area contributed by atoms with E-state index in [9.17, 15) is 57.9 Å². The number of sulfonamides is 2. The van der Waals surface area contributed by atoms with Gasteiger partial charge in [0, 0.05) is 139 Å². The zero-order valence-corrected chi connectivity index (χ0v) is 60.9. The number of benzene rings is 6. The summed E-state index contributed by atoms with van der Waals surface area (Å²) in [4.78, 5) is 75.7. The minimum absolute atomic E-state index is 0. The number of likely N-dealkylation sites (tertiary alicyclic amines) is 1. The van der Waals surface area contributed by atoms with Crippen molar-refractivity contribution in [3.8, 4) is 0 Å². The standard InChI is InChI=1S/C24H27FN6O3S.C24H24FN5O3S2.C20H18FN3O4S.C3H4N2S.5H2/c1-17-3-4-19(25)15-22(17)28-18(2)24(32)31-13-11-30(12-14-31)20-5-7-21(8-6-20)35(33,34)29-23-9-10-26-16-27-23;1-16(30-14-11-20-21(25)3-2-4-22(20)30)23(31)29-12-9-18(10-13-29)17-5-7-19(8-6-17)35(32,33)28-24-26-15-27-34-24;21-15-1-6-18-14(11-15)7-8-22(18)12-19(25)23-9-10-24(20(26)13-23)16-2-4-17(5-3-16)29(27)28;4-3-5-1-2-6-3;;;;;/h3-10,15-16,18,28H,11-14H2,1-2H3,(H,26,27,29);2-8,11,14-16,18H,9-10,12-13H2,1H3,(H,26,27,28);1-8,11H,9-10,12-13H2,(H,27,28);1-2H,(H2,4,5);5*1H/p-1/t;16-;;;;;;;/m.0......./s1. The van der Waals surface area contributed by atoms with Crippen molar-refractivity contribution in [1.29, 1.82) is 0 Å². The first-order valence-electron chi connectivity index (χ1n) is 32.9. The lowest BCUT2D eigenvalue weighted by molar-refractivity contribution is -0.137. The molecule has 3 fully saturated rings. The second-order valence-corrected chi connectivity index (χ2v) is 30.5. The van der Waals surface area contributed by atoms with Gasteiger partial charge in [0.1, 0.15) is 61.1 Å². The lowest BCUT2D eigenvalue weighted by atomic mass is 9.89. The molecule has 5 aromatic heterocycles. The SMILES string of the molecule is C[C@@H](C(=O)N1CCC(c2ccc(S(=O)(=O)Nc3ncns3)cc2)CC1)n1ccc2c(F)cccc21.Cc1ccc(F)cc1NC(C)C(=O)N1CCN(c2ccc(S(=O)(=O)Nc3ccncn3)cc2)CC1.Nc1nccs1.O=C(Cn1ccc2cc(F)ccc21)N1CCN(c2ccc(S(=O)[O-])cc2)C(=O)C1.[HH].[HH].[HH].[HH].[HH]. The molecule has 105 heavy (non-hydrogen) atoms. The summed E-state index contributed by atoms with van der Waals surface area (Å²) in [6.07, 6.45) is 10.8. The lowest BCUT2D eigenvalue weighted by Crippen LogP contribution is -2.53. The molecule has 2 unspecified atom stereocenters. The maximum absolute atomic E-state index is 14.0. The fraction of sp³-hybridized carbons (Fsp3) is 0.254. The van der Waals surface area contributed by atoms with Gasteiger partial charge in [0.15, 0.2) is 5.13 Å². The molecule has 6 aromatic carbocycles. The van der Waals surface area contributed by atoms with Crippen LogP contribution in [0.1, 0.15) is 56.9 Å². The molecule has 0 spiro atoms. The van der Waals surface area contributed by atoms with E-state index in [4.69, 9.17) is 5.73 Å². The van der Waals surface area contributed by atoms with Crippen LogP contribution in [0.3, 0.4) is 0 Å². The maximum Gasteiger partial charge on any atom is 0.263 e. The molecule has 8 heterocycles. The minimum Gasteiger partial charge on any atom is -0.768 e. The molecular weight excluding hydrogens is 1450 g/mol. The van der Waals surface area contributed by atoms with Gasteiger partial charge < -0.3 is 49.2 Å². The Morgan fingerprint density at radius 2 is 1.36 bits per heavy atom. The third kappa shape index (κ3) is 19.0. The second kappa shape index (κ2) is 33.9. The molecule has 3 aliphatic heterocycles. The highest BCUT2D eigenvalue weighted by molar-refractivity contribution is 7.93. The number of piperazine rings is 2. The van der Waals surface area contributed by atoms with Crippen molar-refractivity contribution in [3.63, 3.8) is 0 Å². The highest BCUT2D eigenvalue weighted by Gasteiger charge is 2.32. The Morgan fingerprint density at radius 3 is 2.00 bits per heavy atom. The Hall–Kier alpha value is -10.7. The zero-order valence-electron chi connectivity index (χ0n) is 56.8. The minimum atomic E-state index is -3.76. The van der Waals surface area contributed by atoms with Crippen molar-refractivity contribution in [3.05, 3.63) is 217 Å². The number of amides is 4. The van der Waals surface area contributed by atoms with Crippen LogP contribution in [0.25, 0.3) is 21.8 Å². The third-order valence-electron chi connectivity index (χ3n) is 17.8. The van der Waals surface area contributed by atoms with Crippen LogP contribution in [-0.4, -0.2) is 162 Å². The van der Waals surface area contributed by atoms with Gasteiger partial charge in [-0.3, -0.25) is 32.8 Å². The van der Waals surface area contributed by atoms with Crippen LogP contribution in [0.5, 0.6) is 0 Å². The molecule has 0 bridgehead atoms. The molecule has 0 aliphatic carbocycles. The van der Waals surface area contributed by atoms with E-state index in [0.29, 0.717) is 85.2 Å². The van der Waals surface area contributed by atoms with Crippen molar-refractivity contribution in [2.75, 3.05) is 89.2 Å². The van der Waals surface area contributed by atoms with E-state index < -0.39 is 43.2 Å². The molecule has 4 amide bonds. The molecule has 34 heteroatoms. The van der Waals surface area contributed by atoms with Gasteiger partial charge in [0.25, 0.3) is 20.0 Å². The Bertz CT molecular complexity index is 5120. The summed E-state index contributed by atoms with van der Waals surface area (Å²) >= 11 is 0.0975. The number of carbonyl (C=O) groups is 4. The second-order valence-electron chi connectivity index (χ2n) is 24.5. The number of nitrogens with one attached hydrogen (secondary N) is 3. The van der Waals surface area contributed by atoms with Gasteiger partial charge in [-0.1, -0.05) is 24.3 Å². The van der Waals surface area contributed by atoms with Crippen LogP contribution >= 0.6 is 22.9 Å². The number of rotatable bonds is 17. The van der Waals surface area contributed by atoms with Crippen LogP contribution in [0.4, 0.5) is 46.3 Å². The number of hydrogen-bond donors (Lipinski definition) is 4. The van der Waals surface area contributed by atoms with E-state index in [0.717, 1.165) is 46.7 Å². The van der Waals surface area contributed by atoms with Crippen molar-refractivity contribution < 1.29 is 65.1 Å². The molecule has 0 saturated carbocycles. The van der Waals surface area contributed by atoms with Crippen LogP contribution in [-0.2, 0) is 56.8 Å². The lowest BCUT2D eigenvalue weighted by Gasteiger charge is -2.37. The normalized spacial score (nSPS) is 15.1. The van der Waals surface area contributed by atoms with Crippen molar-refractivity contribution in [2.45, 2.75) is 72.8 Å². The van der Waals surface area contributed by atoms with E-state index in [1.807, 2.05) is 46.9 Å². The highest BCUT2D eigenvalue weighted by Crippen LogP contribution is 2.32. The first-order chi connectivity index (χ1) is 50.4. The molecule has 11 aromatic rings. The van der Waals surface area contributed by atoms with Gasteiger partial charge in [0.05, 0.1) is 15.3 Å². The van der Waals surface area contributed by atoms with E-state index in [1.54, 1.807) is 114 Å². The van der Waals surface area contributed by atoms with Gasteiger partial charge in [-0.15, -0.1) is 11.3 Å². The molecule has 0 radical (unpaired) electrons. The van der Waals surface area contributed by atoms with Crippen molar-refractivity contribution in [2.24, 2.45) is 0 Å². The topological polar surface area (TPSA) is 329 Å². The molecule has 5 N–H and O–H groups in total. The van der Waals surface area contributed by atoms with Crippen molar-refractivity contribution >= 4 is 133 Å². The number of anilines is 6. The molecular formula is C71H82F3N16O10S5-. The smallest absolute Gasteiger partial charge is 0.263 e. The summed E-state index contributed by atoms with van der Waals surface area (Å²) in [5.41, 5.74) is 10.6. The van der Waals surface area contributed by atoms with Gasteiger partial charge in [-0.2, -0.15) is 4.37 Å². The summed E-state index contributed by atoms with van der Waals surface area (Å²) < 4.78 is 125. The number of nitrogens with zero attached hydrogens (tertiary/aromatic N) is 12. The molecule has 558 valence electrons. The van der Waals surface area contributed by atoms with Crippen LogP contribution < -0.4 is 30.3 Å². The number of nitrogen functional groups attached to an aromatic ring is 1. The molecule has 14 rings (SSSR count). The first kappa shape index (κ1) is 75.5. The number of halogens is 3. The summed E-state index contributed by atoms with van der Waals surface area (Å²) in [5.74, 6) is -1.02. The fourth-order valence-electron chi connectivity index (χ4n) is 12.2. The first-order valence-corrected chi connectivity index (χ1v) is 38.6. The van der Waals surface area contributed by atoms with E-state index in [1.165, 1.54) is 88.5 Å². The van der Waals surface area contributed by atoms with Crippen LogP contribution in [0.2, 0.25) is 0 Å². The van der Waals surface area contributed by atoms with E-state index in [2.05, 4.69) is 44.0 Å². The zero-order chi connectivity index (χ0) is 74.5. The number of nitrogens with two attached hydrogens (primary N) is 1. The van der Waals surface area contributed by atoms with Crippen molar-refractivity contribution in [1.82, 2.24) is 48.1 Å². The predicted octanol–water partition coefficient (Wildman–Crippen LogP) is 11.1. The molecule has 3 saturated heterocycles. The monoisotopic (exact) mass is 1540 g/mol. The Kier molecular flexibility index (Phi) is 24.3. The van der Waals surface area contributed by atoms with E-state index >= 15 is 0 Å². The summed E-state index contributed by atoms with van der Waals surface area (Å²) in [6, 6.07) is 37.2. The van der Waals surface area contributed by atoms with Gasteiger partial charge in [0.2, 0.25) is 28.8 Å². The largest absolute Gasteiger partial charge is 0.768 e. The third-order valence-corrected chi connectivity index (χ3v) is 22.5. The Morgan fingerprint density at radius 1 is 0.695 bits per heavy atom. The number of piperidine rings is 1. The van der Waals surface area contributed by atoms with Crippen LogP contribution in [0.15, 0.2) is 203 Å². The Labute approximate surface area is 621 Å². The maximum atomic E-state index is 14.0. The fourth-order valence-corrected chi connectivity index (χ4v) is 15.6. The summed E-state index contributed by atoms with van der Waals surface area (Å²) in [7, 11) is -7.49. The number of fused-ring (bicyclic) bond motifs is 2. The summed E-state index contributed by atoms with van der Waals surface area (Å²) in [5, 5.41) is 7.03. The predicted molar refractivity (Wildman–Crippen MR) is 406 cm³/mol. The number of thiazole rings is 1. The molecule has 3 atom stereocenters. The van der Waals surface area contributed by atoms with Crippen LogP contribution in [0, 0.1) is 24.4 Å². The number of aryl methyl sites for hydroxylation is 1. The molecule has 3 aliphatic rings. The average molecular weight is 1540 g/mol. The average Bonchev–Trinajstić information content (AvgIpc) is 1.54. The van der Waals surface area contributed by atoms with E-state index in [-0.39, 0.29) is 92.9 Å².